The standard InChI is InChI=1S/C22H24ClN3O3S2.ClH/c1-30-18-6-7-19-20(14-18)31-22(24-19)26(9-8-25-10-12-28-13-11-25)21(27)15-29-17-4-2-16(23)3-5-17;/h2-7,14H,8-13,15H2,1H3;1H. The van der Waals surface area contributed by atoms with Crippen LogP contribution in [-0.4, -0.2) is 68.0 Å². The summed E-state index contributed by atoms with van der Waals surface area (Å²) in [4.78, 5) is 23.1. The first-order chi connectivity index (χ1) is 15.1. The van der Waals surface area contributed by atoms with Gasteiger partial charge in [-0.1, -0.05) is 22.9 Å². The molecule has 172 valence electrons. The number of fused-ring (bicyclic) bond motifs is 1. The Labute approximate surface area is 207 Å². The number of thioether (sulfide) groups is 1. The van der Waals surface area contributed by atoms with Crippen LogP contribution < -0.4 is 9.64 Å². The summed E-state index contributed by atoms with van der Waals surface area (Å²) in [5.41, 5.74) is 0.903. The van der Waals surface area contributed by atoms with E-state index in [1.165, 1.54) is 16.2 Å². The van der Waals surface area contributed by atoms with Crippen LogP contribution in [0.1, 0.15) is 0 Å². The topological polar surface area (TPSA) is 54.9 Å². The number of halogens is 2. The van der Waals surface area contributed by atoms with Gasteiger partial charge < -0.3 is 9.47 Å². The third-order valence-corrected chi connectivity index (χ3v) is 7.05. The molecule has 0 saturated carbocycles. The van der Waals surface area contributed by atoms with E-state index in [9.17, 15) is 4.79 Å². The van der Waals surface area contributed by atoms with Gasteiger partial charge in [0.05, 0.1) is 23.4 Å². The number of nitrogens with zero attached hydrogens (tertiary/aromatic N) is 3. The second-order valence-corrected chi connectivity index (χ2v) is 9.40. The Hall–Kier alpha value is -1.55. The number of carbonyl (C=O) groups is 1. The number of morpholine rings is 1. The number of carbonyl (C=O) groups excluding carboxylic acids is 1. The summed E-state index contributed by atoms with van der Waals surface area (Å²) in [6.07, 6.45) is 2.05. The van der Waals surface area contributed by atoms with Gasteiger partial charge in [-0.3, -0.25) is 14.6 Å². The number of aromatic nitrogens is 1. The third-order valence-electron chi connectivity index (χ3n) is 5.04. The van der Waals surface area contributed by atoms with Crippen molar-refractivity contribution in [3.8, 4) is 5.75 Å². The van der Waals surface area contributed by atoms with Crippen LogP contribution in [-0.2, 0) is 9.53 Å². The molecule has 4 rings (SSSR count). The zero-order valence-corrected chi connectivity index (χ0v) is 20.9. The molecular weight excluding hydrogens is 489 g/mol. The average Bonchev–Trinajstić information content (AvgIpc) is 3.22. The fraction of sp³-hybridized carbons (Fsp3) is 0.364. The summed E-state index contributed by atoms with van der Waals surface area (Å²) in [7, 11) is 0. The van der Waals surface area contributed by atoms with Gasteiger partial charge in [-0.25, -0.2) is 4.98 Å². The van der Waals surface area contributed by atoms with E-state index >= 15 is 0 Å². The van der Waals surface area contributed by atoms with Gasteiger partial charge in [-0.05, 0) is 48.7 Å². The highest BCUT2D eigenvalue weighted by atomic mass is 35.5. The minimum Gasteiger partial charge on any atom is -0.484 e. The molecule has 0 aliphatic carbocycles. The Kier molecular flexibility index (Phi) is 9.46. The molecule has 0 radical (unpaired) electrons. The molecule has 1 amide bonds. The Bertz CT molecular complexity index is 1030. The third kappa shape index (κ3) is 6.50. The van der Waals surface area contributed by atoms with E-state index in [0.29, 0.717) is 22.4 Å². The Morgan fingerprint density at radius 2 is 2.00 bits per heavy atom. The normalized spacial score (nSPS) is 14.2. The molecule has 1 aromatic heterocycles. The van der Waals surface area contributed by atoms with Crippen molar-refractivity contribution in [2.24, 2.45) is 0 Å². The lowest BCUT2D eigenvalue weighted by molar-refractivity contribution is -0.120. The van der Waals surface area contributed by atoms with Crippen LogP contribution in [0.4, 0.5) is 5.13 Å². The summed E-state index contributed by atoms with van der Waals surface area (Å²) < 4.78 is 12.2. The minimum absolute atomic E-state index is 0. The lowest BCUT2D eigenvalue weighted by atomic mass is 10.3. The molecule has 0 unspecified atom stereocenters. The summed E-state index contributed by atoms with van der Waals surface area (Å²) in [5.74, 6) is 0.493. The molecule has 10 heteroatoms. The molecule has 3 aromatic rings. The van der Waals surface area contributed by atoms with Crippen LogP contribution >= 0.6 is 47.1 Å². The SMILES string of the molecule is CSc1ccc2nc(N(CCN3CCOCC3)C(=O)COc3ccc(Cl)cc3)sc2c1.Cl. The second kappa shape index (κ2) is 12.1. The van der Waals surface area contributed by atoms with Gasteiger partial charge in [-0.2, -0.15) is 0 Å². The fourth-order valence-electron chi connectivity index (χ4n) is 3.28. The average molecular weight is 515 g/mol. The van der Waals surface area contributed by atoms with Crippen LogP contribution in [0, 0.1) is 0 Å². The Morgan fingerprint density at radius 1 is 1.25 bits per heavy atom. The maximum atomic E-state index is 13.2. The van der Waals surface area contributed by atoms with E-state index in [-0.39, 0.29) is 24.9 Å². The number of ether oxygens (including phenoxy) is 2. The first-order valence-corrected chi connectivity index (χ1v) is 12.5. The largest absolute Gasteiger partial charge is 0.484 e. The van der Waals surface area contributed by atoms with Crippen molar-refractivity contribution in [2.75, 3.05) is 57.2 Å². The highest BCUT2D eigenvalue weighted by molar-refractivity contribution is 7.98. The number of hydrogen-bond donors (Lipinski definition) is 0. The van der Waals surface area contributed by atoms with E-state index in [0.717, 1.165) is 43.1 Å². The summed E-state index contributed by atoms with van der Waals surface area (Å²) >= 11 is 9.16. The van der Waals surface area contributed by atoms with Crippen molar-refractivity contribution in [1.29, 1.82) is 0 Å². The molecule has 32 heavy (non-hydrogen) atoms. The number of thiazole rings is 1. The lowest BCUT2D eigenvalue weighted by Crippen LogP contribution is -2.44. The minimum atomic E-state index is -0.118. The predicted molar refractivity (Wildman–Crippen MR) is 135 cm³/mol. The highest BCUT2D eigenvalue weighted by Gasteiger charge is 2.22. The van der Waals surface area contributed by atoms with Gasteiger partial charge >= 0.3 is 0 Å². The van der Waals surface area contributed by atoms with E-state index in [2.05, 4.69) is 23.3 Å². The molecule has 0 atom stereocenters. The molecule has 1 aliphatic heterocycles. The summed E-state index contributed by atoms with van der Waals surface area (Å²) in [6, 6.07) is 13.2. The molecule has 0 N–H and O–H groups in total. The fourth-order valence-corrected chi connectivity index (χ4v) is 4.97. The molecule has 1 aliphatic rings. The Balaban J connectivity index is 0.00000289. The quantitative estimate of drug-likeness (QED) is 0.401. The molecule has 2 heterocycles. The maximum absolute atomic E-state index is 13.2. The van der Waals surface area contributed by atoms with Gasteiger partial charge in [0.15, 0.2) is 11.7 Å². The molecule has 0 spiro atoms. The zero-order valence-electron chi connectivity index (χ0n) is 17.7. The number of benzene rings is 2. The monoisotopic (exact) mass is 513 g/mol. The number of rotatable bonds is 8. The van der Waals surface area contributed by atoms with E-state index < -0.39 is 0 Å². The molecular formula is C22H25Cl2N3O3S2. The van der Waals surface area contributed by atoms with Gasteiger partial charge in [0.25, 0.3) is 5.91 Å². The van der Waals surface area contributed by atoms with Gasteiger partial charge in [0.2, 0.25) is 0 Å². The molecule has 2 aromatic carbocycles. The second-order valence-electron chi connectivity index (χ2n) is 7.07. The highest BCUT2D eigenvalue weighted by Crippen LogP contribution is 2.31. The molecule has 1 saturated heterocycles. The van der Waals surface area contributed by atoms with Crippen molar-refractivity contribution in [3.63, 3.8) is 0 Å². The predicted octanol–water partition coefficient (Wildman–Crippen LogP) is 4.84. The lowest BCUT2D eigenvalue weighted by Gasteiger charge is -2.29. The van der Waals surface area contributed by atoms with Gasteiger partial charge in [-0.15, -0.1) is 24.2 Å². The molecule has 6 nitrogen and oxygen atoms in total. The van der Waals surface area contributed by atoms with Crippen LogP contribution in [0.5, 0.6) is 5.75 Å². The summed E-state index contributed by atoms with van der Waals surface area (Å²) in [6.45, 7) is 4.47. The number of anilines is 1. The van der Waals surface area contributed by atoms with E-state index in [1.807, 2.05) is 6.07 Å². The van der Waals surface area contributed by atoms with Gasteiger partial charge in [0, 0.05) is 36.1 Å². The van der Waals surface area contributed by atoms with Crippen LogP contribution in [0.3, 0.4) is 0 Å². The first-order valence-electron chi connectivity index (χ1n) is 10.1. The smallest absolute Gasteiger partial charge is 0.266 e. The molecule has 1 fully saturated rings. The van der Waals surface area contributed by atoms with Crippen LogP contribution in [0.25, 0.3) is 10.2 Å². The van der Waals surface area contributed by atoms with Crippen molar-refractivity contribution in [3.05, 3.63) is 47.5 Å². The number of hydrogen-bond acceptors (Lipinski definition) is 7. The zero-order chi connectivity index (χ0) is 21.6. The van der Waals surface area contributed by atoms with E-state index in [1.54, 1.807) is 40.9 Å². The van der Waals surface area contributed by atoms with Crippen molar-refractivity contribution in [1.82, 2.24) is 9.88 Å². The van der Waals surface area contributed by atoms with Crippen molar-refractivity contribution >= 4 is 68.4 Å². The first kappa shape index (κ1) is 25.1. The Morgan fingerprint density at radius 3 is 2.72 bits per heavy atom. The van der Waals surface area contributed by atoms with E-state index in [4.69, 9.17) is 26.1 Å². The maximum Gasteiger partial charge on any atom is 0.266 e. The van der Waals surface area contributed by atoms with Crippen LogP contribution in [0.15, 0.2) is 47.4 Å². The van der Waals surface area contributed by atoms with Gasteiger partial charge in [0.1, 0.15) is 5.75 Å². The molecule has 0 bridgehead atoms. The van der Waals surface area contributed by atoms with Crippen molar-refractivity contribution < 1.29 is 14.3 Å². The summed E-state index contributed by atoms with van der Waals surface area (Å²) in [5, 5.41) is 1.33. The van der Waals surface area contributed by atoms with Crippen molar-refractivity contribution in [2.45, 2.75) is 4.90 Å². The number of amides is 1. The van der Waals surface area contributed by atoms with Crippen LogP contribution in [0.2, 0.25) is 5.02 Å².